The number of esters is 2. The summed E-state index contributed by atoms with van der Waals surface area (Å²) >= 11 is 0. The van der Waals surface area contributed by atoms with E-state index >= 15 is 0 Å². The highest BCUT2D eigenvalue weighted by Gasteiger charge is 2.22. The molecule has 0 aromatic heterocycles. The van der Waals surface area contributed by atoms with Gasteiger partial charge in [-0.3, -0.25) is 14.4 Å². The highest BCUT2D eigenvalue weighted by molar-refractivity contribution is 5.94. The van der Waals surface area contributed by atoms with Crippen molar-refractivity contribution in [3.8, 4) is 23.0 Å². The molecule has 0 spiro atoms. The summed E-state index contributed by atoms with van der Waals surface area (Å²) in [6.45, 7) is 4.10. The Morgan fingerprint density at radius 3 is 2.27 bits per heavy atom. The summed E-state index contributed by atoms with van der Waals surface area (Å²) in [7, 11) is 0. The van der Waals surface area contributed by atoms with Gasteiger partial charge < -0.3 is 14.2 Å². The van der Waals surface area contributed by atoms with E-state index in [1.807, 2.05) is 6.07 Å². The van der Waals surface area contributed by atoms with Gasteiger partial charge in [0.25, 0.3) is 0 Å². The van der Waals surface area contributed by atoms with Gasteiger partial charge in [0.1, 0.15) is 23.0 Å². The van der Waals surface area contributed by atoms with Crippen LogP contribution in [0.2, 0.25) is 0 Å². The van der Waals surface area contributed by atoms with Gasteiger partial charge in [0.15, 0.2) is 5.78 Å². The minimum atomic E-state index is -0.487. The molecule has 0 aliphatic carbocycles. The van der Waals surface area contributed by atoms with E-state index in [2.05, 4.69) is 0 Å². The summed E-state index contributed by atoms with van der Waals surface area (Å²) in [5.74, 6) is 0.609. The highest BCUT2D eigenvalue weighted by Crippen LogP contribution is 2.41. The SMILES string of the molecule is CC(=O)Oc1cc(OC(C)=O)c2c(c1)Oc1ccc(C(C)=O)cc1CC2. The number of fused-ring (bicyclic) bond motifs is 2. The van der Waals surface area contributed by atoms with E-state index in [9.17, 15) is 14.4 Å². The quantitative estimate of drug-likeness (QED) is 0.476. The number of aryl methyl sites for hydroxylation is 1. The number of benzene rings is 2. The fourth-order valence-corrected chi connectivity index (χ4v) is 2.88. The van der Waals surface area contributed by atoms with Gasteiger partial charge in [0, 0.05) is 37.1 Å². The fraction of sp³-hybridized carbons (Fsp3) is 0.250. The number of carbonyl (C=O) groups excluding carboxylic acids is 3. The predicted octanol–water partition coefficient (Wildman–Crippen LogP) is 3.63. The van der Waals surface area contributed by atoms with E-state index in [-0.39, 0.29) is 11.5 Å². The zero-order chi connectivity index (χ0) is 18.8. The lowest BCUT2D eigenvalue weighted by Crippen LogP contribution is -2.07. The van der Waals surface area contributed by atoms with Crippen LogP contribution >= 0.6 is 0 Å². The maximum absolute atomic E-state index is 11.6. The van der Waals surface area contributed by atoms with Gasteiger partial charge in [0.2, 0.25) is 0 Å². The highest BCUT2D eigenvalue weighted by atomic mass is 16.5. The lowest BCUT2D eigenvalue weighted by Gasteiger charge is -2.14. The molecule has 3 rings (SSSR count). The Balaban J connectivity index is 2.06. The van der Waals surface area contributed by atoms with Gasteiger partial charge in [0.05, 0.1) is 0 Å². The minimum absolute atomic E-state index is 0.0210. The van der Waals surface area contributed by atoms with Crippen LogP contribution in [-0.4, -0.2) is 17.7 Å². The maximum Gasteiger partial charge on any atom is 0.308 e. The first kappa shape index (κ1) is 17.7. The third-order valence-corrected chi connectivity index (χ3v) is 3.99. The van der Waals surface area contributed by atoms with Gasteiger partial charge in [-0.2, -0.15) is 0 Å². The second-order valence-corrected chi connectivity index (χ2v) is 6.07. The molecule has 1 heterocycles. The lowest BCUT2D eigenvalue weighted by molar-refractivity contribution is -0.132. The second kappa shape index (κ2) is 7.00. The van der Waals surface area contributed by atoms with Crippen molar-refractivity contribution in [3.05, 3.63) is 47.0 Å². The van der Waals surface area contributed by atoms with Crippen molar-refractivity contribution in [1.29, 1.82) is 0 Å². The molecule has 6 heteroatoms. The summed E-state index contributed by atoms with van der Waals surface area (Å²) in [6, 6.07) is 8.35. The zero-order valence-corrected chi connectivity index (χ0v) is 14.8. The van der Waals surface area contributed by atoms with E-state index < -0.39 is 11.9 Å². The van der Waals surface area contributed by atoms with Crippen molar-refractivity contribution >= 4 is 17.7 Å². The first-order valence-corrected chi connectivity index (χ1v) is 8.19. The smallest absolute Gasteiger partial charge is 0.308 e. The van der Waals surface area contributed by atoms with E-state index in [0.29, 0.717) is 41.2 Å². The van der Waals surface area contributed by atoms with Crippen molar-refractivity contribution in [3.63, 3.8) is 0 Å². The molecule has 2 aromatic rings. The summed E-state index contributed by atoms with van der Waals surface area (Å²) in [5.41, 5.74) is 2.20. The zero-order valence-electron chi connectivity index (χ0n) is 14.8. The number of carbonyl (C=O) groups is 3. The summed E-state index contributed by atoms with van der Waals surface area (Å²) < 4.78 is 16.4. The molecule has 0 saturated heterocycles. The number of hydrogen-bond acceptors (Lipinski definition) is 6. The molecule has 26 heavy (non-hydrogen) atoms. The molecule has 2 aromatic carbocycles. The molecule has 1 aliphatic rings. The number of ketones is 1. The van der Waals surface area contributed by atoms with Crippen molar-refractivity contribution in [2.45, 2.75) is 33.6 Å². The number of ether oxygens (including phenoxy) is 3. The van der Waals surface area contributed by atoms with Crippen LogP contribution in [-0.2, 0) is 22.4 Å². The van der Waals surface area contributed by atoms with E-state index in [0.717, 1.165) is 5.56 Å². The van der Waals surface area contributed by atoms with E-state index in [4.69, 9.17) is 14.2 Å². The molecule has 0 N–H and O–H groups in total. The molecular weight excluding hydrogens is 336 g/mol. The standard InChI is InChI=1S/C20H18O6/c1-11(21)14-5-7-18-15(8-14)4-6-17-19(25-13(3)23)9-16(24-12(2)22)10-20(17)26-18/h5,7-10H,4,6H2,1-3H3. The van der Waals surface area contributed by atoms with Crippen LogP contribution in [0.1, 0.15) is 42.3 Å². The fourth-order valence-electron chi connectivity index (χ4n) is 2.88. The largest absolute Gasteiger partial charge is 0.457 e. The van der Waals surface area contributed by atoms with Gasteiger partial charge >= 0.3 is 11.9 Å². The van der Waals surface area contributed by atoms with Gasteiger partial charge in [-0.15, -0.1) is 0 Å². The van der Waals surface area contributed by atoms with Gasteiger partial charge in [-0.1, -0.05) is 0 Å². The molecule has 0 saturated carbocycles. The maximum atomic E-state index is 11.6. The normalized spacial score (nSPS) is 12.1. The molecule has 0 atom stereocenters. The number of rotatable bonds is 3. The van der Waals surface area contributed by atoms with E-state index in [1.54, 1.807) is 18.2 Å². The Labute approximate surface area is 150 Å². The molecule has 0 fully saturated rings. The molecular formula is C20H18O6. The topological polar surface area (TPSA) is 78.9 Å². The van der Waals surface area contributed by atoms with Crippen LogP contribution in [0, 0.1) is 0 Å². The Hall–Kier alpha value is -3.15. The molecule has 0 amide bonds. The second-order valence-electron chi connectivity index (χ2n) is 6.07. The van der Waals surface area contributed by atoms with E-state index in [1.165, 1.54) is 26.8 Å². The third kappa shape index (κ3) is 3.74. The third-order valence-electron chi connectivity index (χ3n) is 3.99. The Kier molecular flexibility index (Phi) is 4.75. The molecule has 134 valence electrons. The molecule has 0 bridgehead atoms. The van der Waals surface area contributed by atoms with Crippen LogP contribution < -0.4 is 14.2 Å². The molecule has 6 nitrogen and oxygen atoms in total. The average Bonchev–Trinajstić information content (AvgIpc) is 2.72. The Morgan fingerprint density at radius 1 is 0.885 bits per heavy atom. The van der Waals surface area contributed by atoms with Crippen LogP contribution in [0.4, 0.5) is 0 Å². The first-order chi connectivity index (χ1) is 12.3. The monoisotopic (exact) mass is 354 g/mol. The summed E-state index contributed by atoms with van der Waals surface area (Å²) in [6.07, 6.45) is 1.16. The van der Waals surface area contributed by atoms with Crippen LogP contribution in [0.25, 0.3) is 0 Å². The summed E-state index contributed by atoms with van der Waals surface area (Å²) in [4.78, 5) is 34.3. The van der Waals surface area contributed by atoms with Crippen molar-refractivity contribution in [1.82, 2.24) is 0 Å². The predicted molar refractivity (Wildman–Crippen MR) is 93.0 cm³/mol. The minimum Gasteiger partial charge on any atom is -0.457 e. The van der Waals surface area contributed by atoms with Crippen molar-refractivity contribution in [2.24, 2.45) is 0 Å². The number of Topliss-reactive ketones (excluding diaryl/α,β-unsaturated/α-hetero) is 1. The Morgan fingerprint density at radius 2 is 1.62 bits per heavy atom. The molecule has 0 unspecified atom stereocenters. The van der Waals surface area contributed by atoms with Crippen LogP contribution in [0.15, 0.2) is 30.3 Å². The first-order valence-electron chi connectivity index (χ1n) is 8.19. The lowest BCUT2D eigenvalue weighted by atomic mass is 10.0. The summed E-state index contributed by atoms with van der Waals surface area (Å²) in [5, 5.41) is 0. The molecule has 1 aliphatic heterocycles. The number of hydrogen-bond donors (Lipinski definition) is 0. The van der Waals surface area contributed by atoms with Crippen LogP contribution in [0.3, 0.4) is 0 Å². The van der Waals surface area contributed by atoms with Crippen LogP contribution in [0.5, 0.6) is 23.0 Å². The average molecular weight is 354 g/mol. The molecule has 0 radical (unpaired) electrons. The van der Waals surface area contributed by atoms with Gasteiger partial charge in [-0.05, 0) is 43.5 Å². The van der Waals surface area contributed by atoms with Crippen molar-refractivity contribution < 1.29 is 28.6 Å². The Bertz CT molecular complexity index is 913. The van der Waals surface area contributed by atoms with Crippen molar-refractivity contribution in [2.75, 3.05) is 0 Å². The van der Waals surface area contributed by atoms with Gasteiger partial charge in [-0.25, -0.2) is 0 Å².